The van der Waals surface area contributed by atoms with Crippen LogP contribution in [-0.4, -0.2) is 32.1 Å². The van der Waals surface area contributed by atoms with Crippen LogP contribution in [0.5, 0.6) is 17.2 Å². The van der Waals surface area contributed by atoms with Crippen LogP contribution in [0.4, 0.5) is 11.4 Å². The van der Waals surface area contributed by atoms with Gasteiger partial charge in [0.15, 0.2) is 18.1 Å². The molecular weight excluding hydrogens is 506 g/mol. The van der Waals surface area contributed by atoms with Gasteiger partial charge in [-0.2, -0.15) is 5.26 Å². The largest absolute Gasteiger partial charge is 0.497 e. The molecule has 0 aromatic heterocycles. The molecular formula is C29H28ClN3O5. The monoisotopic (exact) mass is 533 g/mol. The molecule has 3 aromatic rings. The number of anilines is 2. The highest BCUT2D eigenvalue weighted by Gasteiger charge is 2.16. The smallest absolute Gasteiger partial charge is 0.266 e. The van der Waals surface area contributed by atoms with E-state index in [2.05, 4.69) is 10.6 Å². The zero-order valence-corrected chi connectivity index (χ0v) is 22.3. The number of ether oxygens (including phenoxy) is 3. The standard InChI is InChI=1S/C29H28ClN3O5/c1-5-37-26-15-20(13-21(16-31)29(35)33-25-11-6-18(2)12-19(25)3)14-24(30)28(26)38-17-27(34)32-22-7-9-23(36-4)10-8-22/h6-15H,5,17H2,1-4H3,(H,32,34)(H,33,35)/b21-13+. The van der Waals surface area contributed by atoms with Gasteiger partial charge in [-0.3, -0.25) is 9.59 Å². The van der Waals surface area contributed by atoms with E-state index in [0.717, 1.165) is 11.1 Å². The number of nitrogens with one attached hydrogen (secondary N) is 2. The van der Waals surface area contributed by atoms with Crippen molar-refractivity contribution in [3.05, 3.63) is 81.9 Å². The molecule has 2 amide bonds. The SMILES string of the molecule is CCOc1cc(/C=C(\C#N)C(=O)Nc2ccc(C)cc2C)cc(Cl)c1OCC(=O)Nc1ccc(OC)cc1. The van der Waals surface area contributed by atoms with Crippen molar-refractivity contribution in [1.82, 2.24) is 0 Å². The summed E-state index contributed by atoms with van der Waals surface area (Å²) in [6.07, 6.45) is 1.41. The molecule has 0 aliphatic rings. The second kappa shape index (κ2) is 13.2. The van der Waals surface area contributed by atoms with Gasteiger partial charge in [0, 0.05) is 11.4 Å². The molecule has 9 heteroatoms. The molecule has 0 atom stereocenters. The average Bonchev–Trinajstić information content (AvgIpc) is 2.89. The van der Waals surface area contributed by atoms with Gasteiger partial charge in [0.1, 0.15) is 17.4 Å². The lowest BCUT2D eigenvalue weighted by Gasteiger charge is -2.15. The molecule has 0 saturated carbocycles. The molecule has 0 bridgehead atoms. The van der Waals surface area contributed by atoms with E-state index in [0.29, 0.717) is 29.3 Å². The van der Waals surface area contributed by atoms with E-state index < -0.39 is 11.8 Å². The normalized spacial score (nSPS) is 10.8. The van der Waals surface area contributed by atoms with Crippen molar-refractivity contribution in [2.24, 2.45) is 0 Å². The van der Waals surface area contributed by atoms with Crippen LogP contribution in [0, 0.1) is 25.2 Å². The van der Waals surface area contributed by atoms with E-state index in [1.807, 2.05) is 32.0 Å². The number of nitriles is 1. The molecule has 0 saturated heterocycles. The summed E-state index contributed by atoms with van der Waals surface area (Å²) in [5, 5.41) is 15.3. The molecule has 0 spiro atoms. The summed E-state index contributed by atoms with van der Waals surface area (Å²) < 4.78 is 16.4. The Hall–Kier alpha value is -4.48. The molecule has 0 aliphatic carbocycles. The summed E-state index contributed by atoms with van der Waals surface area (Å²) in [6.45, 7) is 5.61. The molecule has 38 heavy (non-hydrogen) atoms. The van der Waals surface area contributed by atoms with E-state index >= 15 is 0 Å². The van der Waals surface area contributed by atoms with Gasteiger partial charge in [-0.25, -0.2) is 0 Å². The van der Waals surface area contributed by atoms with Crippen LogP contribution in [0.1, 0.15) is 23.6 Å². The maximum atomic E-state index is 12.8. The van der Waals surface area contributed by atoms with Gasteiger partial charge in [-0.1, -0.05) is 29.3 Å². The molecule has 3 rings (SSSR count). The second-order valence-corrected chi connectivity index (χ2v) is 8.68. The Labute approximate surface area is 226 Å². The highest BCUT2D eigenvalue weighted by Crippen LogP contribution is 2.37. The summed E-state index contributed by atoms with van der Waals surface area (Å²) in [5.74, 6) is 0.171. The van der Waals surface area contributed by atoms with Gasteiger partial charge in [0.2, 0.25) is 0 Å². The highest BCUT2D eigenvalue weighted by molar-refractivity contribution is 6.32. The quantitative estimate of drug-likeness (QED) is 0.247. The predicted octanol–water partition coefficient (Wildman–Crippen LogP) is 5.93. The fraction of sp³-hybridized carbons (Fsp3) is 0.207. The predicted molar refractivity (Wildman–Crippen MR) is 148 cm³/mol. The first-order valence-electron chi connectivity index (χ1n) is 11.8. The van der Waals surface area contributed by atoms with Crippen LogP contribution in [0.3, 0.4) is 0 Å². The number of hydrogen-bond acceptors (Lipinski definition) is 6. The van der Waals surface area contributed by atoms with Gasteiger partial charge in [-0.15, -0.1) is 0 Å². The first kappa shape index (κ1) is 28.1. The highest BCUT2D eigenvalue weighted by atomic mass is 35.5. The molecule has 0 unspecified atom stereocenters. The minimum absolute atomic E-state index is 0.115. The lowest BCUT2D eigenvalue weighted by molar-refractivity contribution is -0.118. The van der Waals surface area contributed by atoms with E-state index in [1.54, 1.807) is 50.4 Å². The van der Waals surface area contributed by atoms with Crippen molar-refractivity contribution in [1.29, 1.82) is 5.26 Å². The number of aryl methyl sites for hydroxylation is 2. The number of rotatable bonds is 10. The van der Waals surface area contributed by atoms with E-state index in [4.69, 9.17) is 25.8 Å². The number of carbonyl (C=O) groups is 2. The number of methoxy groups -OCH3 is 1. The van der Waals surface area contributed by atoms with Crippen molar-refractivity contribution >= 4 is 40.9 Å². The number of benzene rings is 3. The Morgan fingerprint density at radius 1 is 1.03 bits per heavy atom. The molecule has 3 aromatic carbocycles. The molecule has 196 valence electrons. The summed E-state index contributed by atoms with van der Waals surface area (Å²) >= 11 is 6.46. The topological polar surface area (TPSA) is 110 Å². The van der Waals surface area contributed by atoms with Crippen LogP contribution in [0.25, 0.3) is 6.08 Å². The third-order valence-electron chi connectivity index (χ3n) is 5.36. The lowest BCUT2D eigenvalue weighted by atomic mass is 10.1. The fourth-order valence-corrected chi connectivity index (χ4v) is 3.82. The van der Waals surface area contributed by atoms with Crippen molar-refractivity contribution in [2.45, 2.75) is 20.8 Å². The summed E-state index contributed by atoms with van der Waals surface area (Å²) in [7, 11) is 1.56. The number of hydrogen-bond donors (Lipinski definition) is 2. The molecule has 0 fully saturated rings. The Kier molecular flexibility index (Phi) is 9.74. The number of carbonyl (C=O) groups excluding carboxylic acids is 2. The van der Waals surface area contributed by atoms with Gasteiger partial charge in [0.25, 0.3) is 11.8 Å². The Balaban J connectivity index is 1.76. The molecule has 2 N–H and O–H groups in total. The second-order valence-electron chi connectivity index (χ2n) is 8.27. The average molecular weight is 534 g/mol. The summed E-state index contributed by atoms with van der Waals surface area (Å²) in [5.41, 5.74) is 3.49. The Morgan fingerprint density at radius 3 is 2.39 bits per heavy atom. The maximum Gasteiger partial charge on any atom is 0.266 e. The van der Waals surface area contributed by atoms with Crippen molar-refractivity contribution in [3.63, 3.8) is 0 Å². The first-order chi connectivity index (χ1) is 18.2. The number of amides is 2. The van der Waals surface area contributed by atoms with E-state index in [1.165, 1.54) is 12.1 Å². The fourth-order valence-electron chi connectivity index (χ4n) is 3.54. The van der Waals surface area contributed by atoms with E-state index in [-0.39, 0.29) is 28.7 Å². The van der Waals surface area contributed by atoms with Crippen LogP contribution < -0.4 is 24.8 Å². The Bertz CT molecular complexity index is 1390. The summed E-state index contributed by atoms with van der Waals surface area (Å²) in [4.78, 5) is 25.2. The van der Waals surface area contributed by atoms with Crippen LogP contribution in [-0.2, 0) is 9.59 Å². The van der Waals surface area contributed by atoms with Crippen LogP contribution >= 0.6 is 11.6 Å². The third kappa shape index (κ3) is 7.51. The van der Waals surface area contributed by atoms with Crippen LogP contribution in [0.2, 0.25) is 5.02 Å². The summed E-state index contributed by atoms with van der Waals surface area (Å²) in [6, 6.07) is 17.5. The minimum Gasteiger partial charge on any atom is -0.497 e. The zero-order valence-electron chi connectivity index (χ0n) is 21.6. The maximum absolute atomic E-state index is 12.8. The lowest BCUT2D eigenvalue weighted by Crippen LogP contribution is -2.20. The van der Waals surface area contributed by atoms with Gasteiger partial charge < -0.3 is 24.8 Å². The molecule has 8 nitrogen and oxygen atoms in total. The van der Waals surface area contributed by atoms with E-state index in [9.17, 15) is 14.9 Å². The van der Waals surface area contributed by atoms with Crippen molar-refractivity contribution in [2.75, 3.05) is 31.0 Å². The molecule has 0 aliphatic heterocycles. The van der Waals surface area contributed by atoms with Gasteiger partial charge >= 0.3 is 0 Å². The molecule has 0 heterocycles. The van der Waals surface area contributed by atoms with Crippen molar-refractivity contribution < 1.29 is 23.8 Å². The number of nitrogens with zero attached hydrogens (tertiary/aromatic N) is 1. The van der Waals surface area contributed by atoms with Crippen LogP contribution in [0.15, 0.2) is 60.2 Å². The first-order valence-corrected chi connectivity index (χ1v) is 12.1. The Morgan fingerprint density at radius 2 is 1.76 bits per heavy atom. The van der Waals surface area contributed by atoms with Crippen molar-refractivity contribution in [3.8, 4) is 23.3 Å². The van der Waals surface area contributed by atoms with Gasteiger partial charge in [0.05, 0.1) is 18.7 Å². The number of halogens is 1. The third-order valence-corrected chi connectivity index (χ3v) is 5.64. The minimum atomic E-state index is -0.552. The zero-order chi connectivity index (χ0) is 27.7. The molecule has 0 radical (unpaired) electrons. The van der Waals surface area contributed by atoms with Gasteiger partial charge in [-0.05, 0) is 80.4 Å².